The second-order valence-corrected chi connectivity index (χ2v) is 10.7. The van der Waals surface area contributed by atoms with E-state index in [1.54, 1.807) is 0 Å². The summed E-state index contributed by atoms with van der Waals surface area (Å²) in [5.74, 6) is 2.17. The molecule has 1 N–H and O–H groups in total. The number of aromatic nitrogens is 2. The topological polar surface area (TPSA) is 36.3 Å². The number of benzene rings is 1. The molecule has 174 valence electrons. The zero-order valence-corrected chi connectivity index (χ0v) is 20.3. The van der Waals surface area contributed by atoms with Crippen LogP contribution in [0.15, 0.2) is 30.3 Å². The third kappa shape index (κ3) is 4.60. The highest BCUT2D eigenvalue weighted by atomic mass is 15.3. The normalized spacial score (nSPS) is 28.2. The van der Waals surface area contributed by atoms with E-state index in [0.717, 1.165) is 19.0 Å². The van der Waals surface area contributed by atoms with E-state index >= 15 is 0 Å². The Bertz CT molecular complexity index is 880. The third-order valence-electron chi connectivity index (χ3n) is 8.38. The van der Waals surface area contributed by atoms with Gasteiger partial charge in [0.1, 0.15) is 0 Å². The quantitative estimate of drug-likeness (QED) is 0.695. The van der Waals surface area contributed by atoms with E-state index < -0.39 is 0 Å². The molecule has 5 nitrogen and oxygen atoms in total. The first-order chi connectivity index (χ1) is 15.6. The van der Waals surface area contributed by atoms with Gasteiger partial charge in [-0.2, -0.15) is 5.10 Å². The molecule has 1 aromatic heterocycles. The van der Waals surface area contributed by atoms with Crippen LogP contribution in [0.4, 0.5) is 5.69 Å². The summed E-state index contributed by atoms with van der Waals surface area (Å²) in [6.45, 7) is 4.52. The zero-order chi connectivity index (χ0) is 22.1. The molecule has 6 rings (SSSR count). The molecule has 0 radical (unpaired) electrons. The summed E-state index contributed by atoms with van der Waals surface area (Å²) in [4.78, 5) is 4.90. The summed E-state index contributed by atoms with van der Waals surface area (Å²) in [5.41, 5.74) is 5.50. The number of fused-ring (bicyclic) bond motifs is 3. The van der Waals surface area contributed by atoms with Crippen LogP contribution in [0.5, 0.6) is 0 Å². The molecule has 1 unspecified atom stereocenters. The van der Waals surface area contributed by atoms with Crippen LogP contribution in [0.2, 0.25) is 0 Å². The van der Waals surface area contributed by atoms with E-state index in [0.29, 0.717) is 17.9 Å². The minimum Gasteiger partial charge on any atom is -0.378 e. The molecule has 4 aliphatic rings. The molecule has 1 saturated carbocycles. The van der Waals surface area contributed by atoms with Gasteiger partial charge in [0.25, 0.3) is 0 Å². The van der Waals surface area contributed by atoms with E-state index in [4.69, 9.17) is 5.10 Å². The summed E-state index contributed by atoms with van der Waals surface area (Å²) in [5, 5.41) is 8.74. The summed E-state index contributed by atoms with van der Waals surface area (Å²) < 4.78 is 2.22. The van der Waals surface area contributed by atoms with E-state index in [-0.39, 0.29) is 0 Å². The number of hydrogen-bond donors (Lipinski definition) is 1. The monoisotopic (exact) mass is 435 g/mol. The number of rotatable bonds is 7. The molecule has 32 heavy (non-hydrogen) atoms. The van der Waals surface area contributed by atoms with Crippen LogP contribution in [0.25, 0.3) is 0 Å². The number of piperidine rings is 3. The van der Waals surface area contributed by atoms with Crippen molar-refractivity contribution < 1.29 is 0 Å². The van der Waals surface area contributed by atoms with Crippen LogP contribution in [-0.2, 0) is 13.6 Å². The Morgan fingerprint density at radius 1 is 1.06 bits per heavy atom. The molecule has 2 aromatic rings. The Balaban J connectivity index is 1.16. The fraction of sp³-hybridized carbons (Fsp3) is 0.667. The number of nitrogens with one attached hydrogen (secondary N) is 1. The molecule has 0 amide bonds. The molecule has 1 aromatic carbocycles. The Morgan fingerprint density at radius 3 is 2.53 bits per heavy atom. The largest absolute Gasteiger partial charge is 0.378 e. The number of anilines is 1. The minimum atomic E-state index is 0.661. The van der Waals surface area contributed by atoms with E-state index in [2.05, 4.69) is 71.3 Å². The Morgan fingerprint density at radius 2 is 1.84 bits per heavy atom. The maximum atomic E-state index is 5.00. The van der Waals surface area contributed by atoms with E-state index in [1.807, 2.05) is 0 Å². The summed E-state index contributed by atoms with van der Waals surface area (Å²) in [6, 6.07) is 12.1. The average Bonchev–Trinajstić information content (AvgIpc) is 3.22. The lowest BCUT2D eigenvalue weighted by Gasteiger charge is -2.50. The molecular weight excluding hydrogens is 394 g/mol. The Kier molecular flexibility index (Phi) is 6.56. The van der Waals surface area contributed by atoms with Crippen molar-refractivity contribution in [3.63, 3.8) is 0 Å². The van der Waals surface area contributed by atoms with Crippen LogP contribution in [-0.4, -0.2) is 54.5 Å². The number of nitrogens with zero attached hydrogens (tertiary/aromatic N) is 4. The first-order valence-corrected chi connectivity index (χ1v) is 12.8. The highest BCUT2D eigenvalue weighted by molar-refractivity contribution is 5.45. The lowest BCUT2D eigenvalue weighted by atomic mass is 9.74. The molecule has 5 heteroatoms. The molecule has 0 spiro atoms. The zero-order valence-electron chi connectivity index (χ0n) is 20.3. The van der Waals surface area contributed by atoms with Crippen LogP contribution in [0, 0.1) is 5.92 Å². The van der Waals surface area contributed by atoms with Gasteiger partial charge >= 0.3 is 0 Å². The van der Waals surface area contributed by atoms with Gasteiger partial charge in [-0.3, -0.25) is 9.58 Å². The number of hydrogen-bond acceptors (Lipinski definition) is 4. The minimum absolute atomic E-state index is 0.661. The average molecular weight is 436 g/mol. The summed E-state index contributed by atoms with van der Waals surface area (Å²) >= 11 is 0. The lowest BCUT2D eigenvalue weighted by molar-refractivity contribution is 0.0282. The smallest absolute Gasteiger partial charge is 0.0658 e. The van der Waals surface area contributed by atoms with Crippen LogP contribution < -0.4 is 10.2 Å². The molecule has 3 aliphatic heterocycles. The van der Waals surface area contributed by atoms with Crippen molar-refractivity contribution in [2.75, 3.05) is 38.6 Å². The van der Waals surface area contributed by atoms with Gasteiger partial charge in [-0.15, -0.1) is 0 Å². The highest BCUT2D eigenvalue weighted by Gasteiger charge is 2.41. The van der Waals surface area contributed by atoms with Crippen molar-refractivity contribution in [3.05, 3.63) is 47.3 Å². The van der Waals surface area contributed by atoms with Gasteiger partial charge in [0.2, 0.25) is 0 Å². The van der Waals surface area contributed by atoms with Gasteiger partial charge in [-0.1, -0.05) is 31.4 Å². The molecule has 4 fully saturated rings. The molecule has 4 atom stereocenters. The predicted octanol–water partition coefficient (Wildman–Crippen LogP) is 4.50. The summed E-state index contributed by atoms with van der Waals surface area (Å²) in [6.07, 6.45) is 9.51. The van der Waals surface area contributed by atoms with Crippen molar-refractivity contribution in [3.8, 4) is 0 Å². The Hall–Kier alpha value is -1.85. The van der Waals surface area contributed by atoms with E-state index in [9.17, 15) is 0 Å². The van der Waals surface area contributed by atoms with Crippen molar-refractivity contribution in [1.29, 1.82) is 0 Å². The molecule has 1 aliphatic carbocycles. The predicted molar refractivity (Wildman–Crippen MR) is 132 cm³/mol. The van der Waals surface area contributed by atoms with Crippen LogP contribution in [0.1, 0.15) is 73.7 Å². The lowest BCUT2D eigenvalue weighted by Crippen LogP contribution is -2.55. The molecule has 4 heterocycles. The van der Waals surface area contributed by atoms with Gasteiger partial charge in [0, 0.05) is 70.0 Å². The highest BCUT2D eigenvalue weighted by Crippen LogP contribution is 2.42. The van der Waals surface area contributed by atoms with Gasteiger partial charge in [0.15, 0.2) is 0 Å². The maximum absolute atomic E-state index is 5.00. The van der Waals surface area contributed by atoms with Crippen LogP contribution >= 0.6 is 0 Å². The maximum Gasteiger partial charge on any atom is 0.0658 e. The van der Waals surface area contributed by atoms with Crippen molar-refractivity contribution >= 4 is 5.69 Å². The second-order valence-electron chi connectivity index (χ2n) is 10.7. The fourth-order valence-electron chi connectivity index (χ4n) is 6.43. The van der Waals surface area contributed by atoms with Gasteiger partial charge < -0.3 is 10.2 Å². The Labute approximate surface area is 194 Å². The van der Waals surface area contributed by atoms with Crippen molar-refractivity contribution in [2.45, 2.75) is 69.4 Å². The van der Waals surface area contributed by atoms with Gasteiger partial charge in [-0.25, -0.2) is 0 Å². The van der Waals surface area contributed by atoms with Crippen LogP contribution in [0.3, 0.4) is 0 Å². The summed E-state index contributed by atoms with van der Waals surface area (Å²) in [7, 11) is 6.37. The van der Waals surface area contributed by atoms with Gasteiger partial charge in [-0.05, 0) is 61.9 Å². The fourth-order valence-corrected chi connectivity index (χ4v) is 6.43. The van der Waals surface area contributed by atoms with Crippen molar-refractivity contribution in [2.24, 2.45) is 13.0 Å². The molecule has 3 saturated heterocycles. The number of aryl methyl sites for hydroxylation is 1. The third-order valence-corrected chi connectivity index (χ3v) is 8.38. The second kappa shape index (κ2) is 9.56. The van der Waals surface area contributed by atoms with Gasteiger partial charge in [0.05, 0.1) is 5.69 Å². The van der Waals surface area contributed by atoms with E-state index in [1.165, 1.54) is 80.7 Å². The van der Waals surface area contributed by atoms with Crippen molar-refractivity contribution in [1.82, 2.24) is 20.0 Å². The molecule has 2 bridgehead atoms. The first-order valence-electron chi connectivity index (χ1n) is 12.8. The first kappa shape index (κ1) is 22.0. The standard InChI is InChI=1S/C27H41N5/c1-30(2)23-11-9-20(10-12-23)17-28-18-24-15-22-13-14-32(24)19-25(22)27-16-26(29-31(27)3)21-7-5-4-6-8-21/h9-12,16,21-22,24-25,28H,4-8,13-15,17-19H2,1-3H3/t22-,24+,25+/m0/s1. The SMILES string of the molecule is CN(C)c1ccc(CNC[C@H]2C[C@@H]3CCN2C[C@H]3c2cc(C3CCCCC3)nn2C)cc1. The molecular formula is C27H41N5.